The van der Waals surface area contributed by atoms with Crippen LogP contribution >= 0.6 is 0 Å². The van der Waals surface area contributed by atoms with E-state index in [0.29, 0.717) is 31.9 Å². The molecule has 1 rings (SSSR count). The maximum atomic E-state index is 13.0. The van der Waals surface area contributed by atoms with E-state index >= 15 is 0 Å². The lowest BCUT2D eigenvalue weighted by molar-refractivity contribution is 0.124. The molecule has 0 aliphatic carbocycles. The van der Waals surface area contributed by atoms with Crippen molar-refractivity contribution in [2.45, 2.75) is 0 Å². The van der Waals surface area contributed by atoms with E-state index in [4.69, 9.17) is 9.47 Å². The molecule has 5 nitrogen and oxygen atoms in total. The molecular formula is C15H21FN2O3. The smallest absolute Gasteiger partial charge is 0.321 e. The lowest BCUT2D eigenvalue weighted by Crippen LogP contribution is -2.41. The first kappa shape index (κ1) is 17.1. The molecular weight excluding hydrogens is 275 g/mol. The minimum Gasteiger partial charge on any atom is -0.383 e. The third kappa shape index (κ3) is 6.87. The average Bonchev–Trinajstić information content (AvgIpc) is 2.47. The highest BCUT2D eigenvalue weighted by Gasteiger charge is 2.10. The number of rotatable bonds is 8. The molecule has 0 radical (unpaired) electrons. The van der Waals surface area contributed by atoms with Crippen molar-refractivity contribution in [3.8, 4) is 0 Å². The summed E-state index contributed by atoms with van der Waals surface area (Å²) in [6.45, 7) is 1.84. The highest BCUT2D eigenvalue weighted by Crippen LogP contribution is 2.04. The molecule has 6 heteroatoms. The lowest BCUT2D eigenvalue weighted by Gasteiger charge is -2.21. The summed E-state index contributed by atoms with van der Waals surface area (Å²) >= 11 is 0. The van der Waals surface area contributed by atoms with Gasteiger partial charge in [0.2, 0.25) is 0 Å². The number of amides is 2. The molecule has 1 aromatic carbocycles. The van der Waals surface area contributed by atoms with Crippen LogP contribution in [0.5, 0.6) is 0 Å². The minimum absolute atomic E-state index is 0.253. The van der Waals surface area contributed by atoms with Crippen LogP contribution in [-0.4, -0.2) is 51.5 Å². The van der Waals surface area contributed by atoms with Gasteiger partial charge < -0.3 is 19.7 Å². The number of nitrogens with one attached hydrogen (secondary N) is 1. The Morgan fingerprint density at radius 1 is 1.29 bits per heavy atom. The number of methoxy groups -OCH3 is 2. The van der Waals surface area contributed by atoms with Crippen LogP contribution < -0.4 is 5.32 Å². The first-order valence-electron chi connectivity index (χ1n) is 6.63. The van der Waals surface area contributed by atoms with Crippen LogP contribution in [0.25, 0.3) is 6.08 Å². The SMILES string of the molecule is COCCN(CCOC)C(=O)N/C=C/c1cccc(F)c1. The van der Waals surface area contributed by atoms with Crippen molar-refractivity contribution < 1.29 is 18.7 Å². The molecule has 1 N–H and O–H groups in total. The third-order valence-corrected chi connectivity index (χ3v) is 2.75. The van der Waals surface area contributed by atoms with Gasteiger partial charge in [-0.15, -0.1) is 0 Å². The average molecular weight is 296 g/mol. The molecule has 0 saturated carbocycles. The third-order valence-electron chi connectivity index (χ3n) is 2.75. The molecule has 0 spiro atoms. The van der Waals surface area contributed by atoms with E-state index in [1.807, 2.05) is 0 Å². The normalized spacial score (nSPS) is 10.8. The van der Waals surface area contributed by atoms with Crippen molar-refractivity contribution in [2.75, 3.05) is 40.5 Å². The van der Waals surface area contributed by atoms with Gasteiger partial charge in [0.05, 0.1) is 13.2 Å². The molecule has 0 saturated heterocycles. The number of ether oxygens (including phenoxy) is 2. The van der Waals surface area contributed by atoms with E-state index < -0.39 is 0 Å². The summed E-state index contributed by atoms with van der Waals surface area (Å²) < 4.78 is 22.9. The van der Waals surface area contributed by atoms with Gasteiger partial charge in [-0.2, -0.15) is 0 Å². The Morgan fingerprint density at radius 2 is 1.95 bits per heavy atom. The maximum absolute atomic E-state index is 13.0. The Bertz CT molecular complexity index is 458. The van der Waals surface area contributed by atoms with Crippen LogP contribution in [0.15, 0.2) is 30.5 Å². The van der Waals surface area contributed by atoms with Gasteiger partial charge in [0, 0.05) is 33.5 Å². The number of carbonyl (C=O) groups excluding carboxylic acids is 1. The van der Waals surface area contributed by atoms with Crippen molar-refractivity contribution in [1.82, 2.24) is 10.2 Å². The summed E-state index contributed by atoms with van der Waals surface area (Å²) in [5, 5.41) is 2.64. The molecule has 0 aromatic heterocycles. The van der Waals surface area contributed by atoms with E-state index in [1.54, 1.807) is 37.3 Å². The zero-order valence-corrected chi connectivity index (χ0v) is 12.3. The Labute approximate surface area is 124 Å². The standard InChI is InChI=1S/C15H21FN2O3/c1-20-10-8-18(9-11-21-2)15(19)17-7-6-13-4-3-5-14(16)12-13/h3-7,12H,8-11H2,1-2H3,(H,17,19)/b7-6+. The minimum atomic E-state index is -0.315. The summed E-state index contributed by atoms with van der Waals surface area (Å²) in [4.78, 5) is 13.6. The molecule has 116 valence electrons. The quantitative estimate of drug-likeness (QED) is 0.799. The molecule has 0 unspecified atom stereocenters. The molecule has 0 atom stereocenters. The summed E-state index contributed by atoms with van der Waals surface area (Å²) in [6, 6.07) is 5.86. The fourth-order valence-corrected chi connectivity index (χ4v) is 1.63. The van der Waals surface area contributed by atoms with Crippen molar-refractivity contribution >= 4 is 12.1 Å². The number of urea groups is 1. The first-order valence-corrected chi connectivity index (χ1v) is 6.63. The van der Waals surface area contributed by atoms with E-state index in [1.165, 1.54) is 18.3 Å². The number of carbonyl (C=O) groups is 1. The first-order chi connectivity index (χ1) is 10.2. The summed E-state index contributed by atoms with van der Waals surface area (Å²) in [5.41, 5.74) is 0.677. The van der Waals surface area contributed by atoms with E-state index in [0.717, 1.165) is 0 Å². The molecule has 21 heavy (non-hydrogen) atoms. The van der Waals surface area contributed by atoms with Crippen LogP contribution in [0, 0.1) is 5.82 Å². The summed E-state index contributed by atoms with van der Waals surface area (Å²) in [7, 11) is 3.16. The maximum Gasteiger partial charge on any atom is 0.321 e. The second-order valence-corrected chi connectivity index (χ2v) is 4.31. The number of hydrogen-bond acceptors (Lipinski definition) is 3. The van der Waals surface area contributed by atoms with Crippen molar-refractivity contribution in [1.29, 1.82) is 0 Å². The second-order valence-electron chi connectivity index (χ2n) is 4.31. The summed E-state index contributed by atoms with van der Waals surface area (Å²) in [6.07, 6.45) is 3.12. The van der Waals surface area contributed by atoms with Gasteiger partial charge in [0.25, 0.3) is 0 Å². The van der Waals surface area contributed by atoms with Crippen LogP contribution in [0.4, 0.5) is 9.18 Å². The summed E-state index contributed by atoms with van der Waals surface area (Å²) in [5.74, 6) is -0.315. The van der Waals surface area contributed by atoms with Gasteiger partial charge >= 0.3 is 6.03 Å². The van der Waals surface area contributed by atoms with Gasteiger partial charge in [-0.3, -0.25) is 0 Å². The van der Waals surface area contributed by atoms with Crippen LogP contribution in [0.3, 0.4) is 0 Å². The fraction of sp³-hybridized carbons (Fsp3) is 0.400. The van der Waals surface area contributed by atoms with Crippen molar-refractivity contribution in [2.24, 2.45) is 0 Å². The highest BCUT2D eigenvalue weighted by atomic mass is 19.1. The van der Waals surface area contributed by atoms with Crippen LogP contribution in [0.2, 0.25) is 0 Å². The van der Waals surface area contributed by atoms with Crippen LogP contribution in [0.1, 0.15) is 5.56 Å². The zero-order valence-electron chi connectivity index (χ0n) is 12.3. The second kappa shape index (κ2) is 9.90. The van der Waals surface area contributed by atoms with E-state index in [2.05, 4.69) is 5.32 Å². The zero-order chi connectivity index (χ0) is 15.5. The van der Waals surface area contributed by atoms with Gasteiger partial charge in [0.1, 0.15) is 5.82 Å². The Morgan fingerprint density at radius 3 is 2.52 bits per heavy atom. The van der Waals surface area contributed by atoms with Gasteiger partial charge in [0.15, 0.2) is 0 Å². The van der Waals surface area contributed by atoms with E-state index in [9.17, 15) is 9.18 Å². The Balaban J connectivity index is 2.51. The Hall–Kier alpha value is -1.92. The van der Waals surface area contributed by atoms with Gasteiger partial charge in [-0.05, 0) is 23.8 Å². The predicted molar refractivity (Wildman–Crippen MR) is 79.3 cm³/mol. The van der Waals surface area contributed by atoms with Gasteiger partial charge in [-0.25, -0.2) is 9.18 Å². The van der Waals surface area contributed by atoms with Crippen molar-refractivity contribution in [3.05, 3.63) is 41.8 Å². The monoisotopic (exact) mass is 296 g/mol. The van der Waals surface area contributed by atoms with Gasteiger partial charge in [-0.1, -0.05) is 12.1 Å². The fourth-order valence-electron chi connectivity index (χ4n) is 1.63. The lowest BCUT2D eigenvalue weighted by atomic mass is 10.2. The predicted octanol–water partition coefficient (Wildman–Crippen LogP) is 2.10. The number of nitrogens with zero attached hydrogens (tertiary/aromatic N) is 1. The largest absolute Gasteiger partial charge is 0.383 e. The highest BCUT2D eigenvalue weighted by molar-refractivity contribution is 5.76. The van der Waals surface area contributed by atoms with Crippen LogP contribution in [-0.2, 0) is 9.47 Å². The Kier molecular flexibility index (Phi) is 8.08. The molecule has 2 amide bonds. The molecule has 0 fully saturated rings. The van der Waals surface area contributed by atoms with E-state index in [-0.39, 0.29) is 11.8 Å². The topological polar surface area (TPSA) is 50.8 Å². The number of halogens is 1. The molecule has 1 aromatic rings. The molecule has 0 aliphatic rings. The number of benzene rings is 1. The number of hydrogen-bond donors (Lipinski definition) is 1. The van der Waals surface area contributed by atoms with Crippen molar-refractivity contribution in [3.63, 3.8) is 0 Å². The molecule has 0 bridgehead atoms. The molecule has 0 aliphatic heterocycles. The molecule has 0 heterocycles.